The van der Waals surface area contributed by atoms with E-state index >= 15 is 0 Å². The highest BCUT2D eigenvalue weighted by Gasteiger charge is 2.22. The average Bonchev–Trinajstić information content (AvgIpc) is 2.74. The van der Waals surface area contributed by atoms with Gasteiger partial charge in [0, 0.05) is 24.2 Å². The molecule has 2 rings (SSSR count). The Kier molecular flexibility index (Phi) is 7.03. The minimum Gasteiger partial charge on any atom is -0.452 e. The Morgan fingerprint density at radius 3 is 2.48 bits per heavy atom. The summed E-state index contributed by atoms with van der Waals surface area (Å²) in [5.41, 5.74) is -0.0702. The Balaban J connectivity index is 2.28. The molecule has 0 aromatic heterocycles. The lowest BCUT2D eigenvalue weighted by molar-refractivity contribution is -0.384. The summed E-state index contributed by atoms with van der Waals surface area (Å²) in [6.45, 7) is -0.571. The molecule has 9 nitrogen and oxygen atoms in total. The highest BCUT2D eigenvalue weighted by atomic mass is 16.6. The molecule has 0 aliphatic heterocycles. The van der Waals surface area contributed by atoms with Crippen LogP contribution in [0, 0.1) is 22.5 Å². The number of ether oxygens (including phenoxy) is 1. The van der Waals surface area contributed by atoms with Crippen LogP contribution in [0.15, 0.2) is 42.5 Å². The number of carbonyl (C=O) groups is 3. The molecule has 29 heavy (non-hydrogen) atoms. The quantitative estimate of drug-likeness (QED) is 0.229. The van der Waals surface area contributed by atoms with Crippen molar-refractivity contribution in [3.8, 4) is 12.3 Å². The van der Waals surface area contributed by atoms with Gasteiger partial charge in [0.15, 0.2) is 12.4 Å². The number of nitro groups is 1. The molecule has 0 heterocycles. The summed E-state index contributed by atoms with van der Waals surface area (Å²) in [7, 11) is 1.52. The number of ketones is 1. The number of terminal acetylenes is 1. The molecule has 0 saturated heterocycles. The third kappa shape index (κ3) is 5.17. The summed E-state index contributed by atoms with van der Waals surface area (Å²) in [5.74, 6) is 0.146. The van der Waals surface area contributed by atoms with Crippen molar-refractivity contribution in [2.75, 3.05) is 25.5 Å². The van der Waals surface area contributed by atoms with Crippen LogP contribution >= 0.6 is 0 Å². The highest BCUT2D eigenvalue weighted by molar-refractivity contribution is 6.15. The van der Waals surface area contributed by atoms with Crippen LogP contribution < -0.4 is 10.6 Å². The molecule has 0 unspecified atom stereocenters. The van der Waals surface area contributed by atoms with E-state index in [1.165, 1.54) is 37.4 Å². The summed E-state index contributed by atoms with van der Waals surface area (Å²) < 4.78 is 4.92. The van der Waals surface area contributed by atoms with Gasteiger partial charge in [-0.15, -0.1) is 6.42 Å². The minimum atomic E-state index is -0.883. The summed E-state index contributed by atoms with van der Waals surface area (Å²) in [6.07, 6.45) is 5.02. The maximum atomic E-state index is 12.9. The first-order valence-corrected chi connectivity index (χ1v) is 8.36. The lowest BCUT2D eigenvalue weighted by Crippen LogP contribution is -2.29. The Hall–Kier alpha value is -4.19. The molecule has 1 amide bonds. The van der Waals surface area contributed by atoms with Crippen molar-refractivity contribution >= 4 is 29.0 Å². The molecule has 0 radical (unpaired) electrons. The summed E-state index contributed by atoms with van der Waals surface area (Å²) in [5, 5.41) is 16.2. The van der Waals surface area contributed by atoms with E-state index in [-0.39, 0.29) is 34.6 Å². The standard InChI is InChI=1S/C20H17N3O6/c1-3-10-22-18(24)12-29-20(26)15-7-5-4-6-14(15)19(25)13-8-9-16(21-2)17(11-13)23(27)28/h1,4-9,11,21H,10,12H2,2H3,(H,22,24). The molecule has 148 valence electrons. The number of hydrogen-bond acceptors (Lipinski definition) is 7. The fourth-order valence-electron chi connectivity index (χ4n) is 2.46. The number of hydrogen-bond donors (Lipinski definition) is 2. The van der Waals surface area contributed by atoms with Gasteiger partial charge >= 0.3 is 5.97 Å². The van der Waals surface area contributed by atoms with E-state index in [1.807, 2.05) is 0 Å². The average molecular weight is 395 g/mol. The van der Waals surface area contributed by atoms with Gasteiger partial charge in [0.1, 0.15) is 5.69 Å². The maximum absolute atomic E-state index is 12.9. The molecule has 0 spiro atoms. The van der Waals surface area contributed by atoms with Crippen molar-refractivity contribution in [1.29, 1.82) is 0 Å². The predicted octanol–water partition coefficient (Wildman–Crippen LogP) is 1.77. The van der Waals surface area contributed by atoms with E-state index in [2.05, 4.69) is 16.6 Å². The first-order valence-electron chi connectivity index (χ1n) is 8.36. The first-order chi connectivity index (χ1) is 13.9. The number of nitro benzene ring substituents is 1. The molecule has 2 aromatic rings. The third-order valence-corrected chi connectivity index (χ3v) is 3.84. The van der Waals surface area contributed by atoms with Crippen LogP contribution in [-0.2, 0) is 9.53 Å². The molecular weight excluding hydrogens is 378 g/mol. The summed E-state index contributed by atoms with van der Waals surface area (Å²) in [4.78, 5) is 47.3. The van der Waals surface area contributed by atoms with Gasteiger partial charge in [-0.2, -0.15) is 0 Å². The molecule has 0 fully saturated rings. The molecule has 0 aliphatic rings. The van der Waals surface area contributed by atoms with Crippen LogP contribution in [0.3, 0.4) is 0 Å². The van der Waals surface area contributed by atoms with Crippen molar-refractivity contribution in [1.82, 2.24) is 5.32 Å². The van der Waals surface area contributed by atoms with Crippen molar-refractivity contribution in [3.63, 3.8) is 0 Å². The monoisotopic (exact) mass is 395 g/mol. The van der Waals surface area contributed by atoms with E-state index in [9.17, 15) is 24.5 Å². The summed E-state index contributed by atoms with van der Waals surface area (Å²) >= 11 is 0. The van der Waals surface area contributed by atoms with Crippen molar-refractivity contribution < 1.29 is 24.0 Å². The van der Waals surface area contributed by atoms with Crippen LogP contribution in [0.25, 0.3) is 0 Å². The third-order valence-electron chi connectivity index (χ3n) is 3.84. The first kappa shape index (κ1) is 21.1. The number of nitrogens with one attached hydrogen (secondary N) is 2. The molecular formula is C20H17N3O6. The van der Waals surface area contributed by atoms with Crippen molar-refractivity contribution in [2.45, 2.75) is 0 Å². The molecule has 0 bridgehead atoms. The molecule has 0 atom stereocenters. The van der Waals surface area contributed by atoms with Gasteiger partial charge in [-0.05, 0) is 18.2 Å². The van der Waals surface area contributed by atoms with Gasteiger partial charge < -0.3 is 15.4 Å². The minimum absolute atomic E-state index is 0.00645. The predicted molar refractivity (Wildman–Crippen MR) is 105 cm³/mol. The summed E-state index contributed by atoms with van der Waals surface area (Å²) in [6, 6.07) is 9.78. The van der Waals surface area contributed by atoms with Gasteiger partial charge in [0.25, 0.3) is 11.6 Å². The fourth-order valence-corrected chi connectivity index (χ4v) is 2.46. The molecule has 2 N–H and O–H groups in total. The topological polar surface area (TPSA) is 128 Å². The molecule has 2 aromatic carbocycles. The van der Waals surface area contributed by atoms with E-state index in [1.54, 1.807) is 6.07 Å². The number of anilines is 1. The maximum Gasteiger partial charge on any atom is 0.339 e. The number of benzene rings is 2. The van der Waals surface area contributed by atoms with E-state index in [0.29, 0.717) is 0 Å². The number of amides is 1. The number of nitrogens with zero attached hydrogens (tertiary/aromatic N) is 1. The second kappa shape index (κ2) is 9.66. The van der Waals surface area contributed by atoms with Crippen LogP contribution in [0.4, 0.5) is 11.4 Å². The molecule has 0 saturated carbocycles. The van der Waals surface area contributed by atoms with Crippen LogP contribution in [0.1, 0.15) is 26.3 Å². The fraction of sp³-hybridized carbons (Fsp3) is 0.150. The second-order valence-electron chi connectivity index (χ2n) is 5.67. The lowest BCUT2D eigenvalue weighted by Gasteiger charge is -2.10. The van der Waals surface area contributed by atoms with Crippen LogP contribution in [0.2, 0.25) is 0 Å². The zero-order valence-electron chi connectivity index (χ0n) is 15.4. The molecule has 9 heteroatoms. The second-order valence-corrected chi connectivity index (χ2v) is 5.67. The smallest absolute Gasteiger partial charge is 0.339 e. The van der Waals surface area contributed by atoms with Gasteiger partial charge in [-0.3, -0.25) is 19.7 Å². The molecule has 0 aliphatic carbocycles. The van der Waals surface area contributed by atoms with E-state index in [4.69, 9.17) is 11.2 Å². The van der Waals surface area contributed by atoms with Gasteiger partial charge in [0.05, 0.1) is 17.0 Å². The van der Waals surface area contributed by atoms with E-state index < -0.39 is 29.2 Å². The van der Waals surface area contributed by atoms with E-state index in [0.717, 1.165) is 6.07 Å². The Morgan fingerprint density at radius 2 is 1.86 bits per heavy atom. The highest BCUT2D eigenvalue weighted by Crippen LogP contribution is 2.27. The Morgan fingerprint density at radius 1 is 1.17 bits per heavy atom. The Bertz CT molecular complexity index is 1010. The zero-order chi connectivity index (χ0) is 21.4. The van der Waals surface area contributed by atoms with Gasteiger partial charge in [-0.1, -0.05) is 24.1 Å². The SMILES string of the molecule is C#CCNC(=O)COC(=O)c1ccccc1C(=O)c1ccc(NC)c([N+](=O)[O-])c1. The number of esters is 1. The van der Waals surface area contributed by atoms with Gasteiger partial charge in [-0.25, -0.2) is 4.79 Å². The Labute approximate surface area is 166 Å². The van der Waals surface area contributed by atoms with Crippen LogP contribution in [-0.4, -0.2) is 42.8 Å². The van der Waals surface area contributed by atoms with Crippen LogP contribution in [0.5, 0.6) is 0 Å². The lowest BCUT2D eigenvalue weighted by atomic mass is 9.97. The van der Waals surface area contributed by atoms with Gasteiger partial charge in [0.2, 0.25) is 0 Å². The largest absolute Gasteiger partial charge is 0.452 e. The van der Waals surface area contributed by atoms with Crippen molar-refractivity contribution in [3.05, 3.63) is 69.3 Å². The van der Waals surface area contributed by atoms with Crippen molar-refractivity contribution in [2.24, 2.45) is 0 Å². The number of carbonyl (C=O) groups excluding carboxylic acids is 3. The zero-order valence-corrected chi connectivity index (χ0v) is 15.4. The normalized spacial score (nSPS) is 9.79. The number of rotatable bonds is 8.